The van der Waals surface area contributed by atoms with Crippen molar-refractivity contribution in [1.82, 2.24) is 0 Å². The van der Waals surface area contributed by atoms with Crippen LogP contribution in [-0.4, -0.2) is 17.0 Å². The lowest BCUT2D eigenvalue weighted by atomic mass is 10.2. The molecular formula is C17H11NO4S2. The van der Waals surface area contributed by atoms with E-state index in [-0.39, 0.29) is 12.7 Å². The molecule has 5 nitrogen and oxygen atoms in total. The van der Waals surface area contributed by atoms with Gasteiger partial charge in [-0.3, -0.25) is 9.69 Å². The molecular weight excluding hydrogens is 346 g/mol. The van der Waals surface area contributed by atoms with Gasteiger partial charge in [-0.25, -0.2) is 0 Å². The summed E-state index contributed by atoms with van der Waals surface area (Å²) < 4.78 is 16.3. The monoisotopic (exact) mass is 357 g/mol. The van der Waals surface area contributed by atoms with E-state index in [0.29, 0.717) is 26.4 Å². The van der Waals surface area contributed by atoms with Crippen LogP contribution in [0.4, 0.5) is 5.69 Å². The Morgan fingerprint density at radius 2 is 2.08 bits per heavy atom. The molecule has 7 heteroatoms. The van der Waals surface area contributed by atoms with Crippen LogP contribution in [0.25, 0.3) is 6.08 Å². The average Bonchev–Trinajstić information content (AvgIpc) is 3.29. The number of thiocarbonyl (C=S) groups is 1. The maximum Gasteiger partial charge on any atom is 0.270 e. The van der Waals surface area contributed by atoms with Crippen molar-refractivity contribution in [2.24, 2.45) is 0 Å². The summed E-state index contributed by atoms with van der Waals surface area (Å²) in [5.41, 5.74) is 0.667. The Kier molecular flexibility index (Phi) is 3.87. The quantitative estimate of drug-likeness (QED) is 0.612. The zero-order chi connectivity index (χ0) is 16.5. The maximum absolute atomic E-state index is 12.6. The Hall–Kier alpha value is -2.51. The second-order valence-electron chi connectivity index (χ2n) is 4.95. The molecule has 120 valence electrons. The zero-order valence-electron chi connectivity index (χ0n) is 12.3. The topological polar surface area (TPSA) is 51.9 Å². The number of thioether (sulfide) groups is 1. The van der Waals surface area contributed by atoms with Crippen molar-refractivity contribution in [2.45, 2.75) is 0 Å². The summed E-state index contributed by atoms with van der Waals surface area (Å²) in [7, 11) is 0. The molecule has 1 amide bonds. The largest absolute Gasteiger partial charge is 0.465 e. The minimum absolute atomic E-state index is 0.159. The average molecular weight is 357 g/mol. The number of hydrogen-bond donors (Lipinski definition) is 0. The van der Waals surface area contributed by atoms with E-state index < -0.39 is 0 Å². The smallest absolute Gasteiger partial charge is 0.270 e. The van der Waals surface area contributed by atoms with E-state index >= 15 is 0 Å². The molecule has 0 radical (unpaired) electrons. The summed E-state index contributed by atoms with van der Waals surface area (Å²) >= 11 is 6.61. The van der Waals surface area contributed by atoms with Crippen molar-refractivity contribution < 1.29 is 18.7 Å². The maximum atomic E-state index is 12.6. The molecule has 4 rings (SSSR count). The third-order valence-corrected chi connectivity index (χ3v) is 4.78. The van der Waals surface area contributed by atoms with E-state index in [9.17, 15) is 4.79 Å². The van der Waals surface area contributed by atoms with Crippen LogP contribution in [-0.2, 0) is 4.79 Å². The normalized spacial score (nSPS) is 18.3. The molecule has 0 bridgehead atoms. The number of allylic oxidation sites excluding steroid dienone is 2. The first-order valence-corrected chi connectivity index (χ1v) is 8.32. The van der Waals surface area contributed by atoms with Gasteiger partial charge in [-0.05, 0) is 36.4 Å². The fourth-order valence-corrected chi connectivity index (χ4v) is 3.60. The highest BCUT2D eigenvalue weighted by molar-refractivity contribution is 8.27. The van der Waals surface area contributed by atoms with E-state index in [1.54, 1.807) is 48.8 Å². The van der Waals surface area contributed by atoms with Crippen LogP contribution in [0.15, 0.2) is 58.1 Å². The molecule has 1 fully saturated rings. The van der Waals surface area contributed by atoms with E-state index in [2.05, 4.69) is 0 Å². The van der Waals surface area contributed by atoms with Crippen molar-refractivity contribution in [1.29, 1.82) is 0 Å². The number of ether oxygens (including phenoxy) is 2. The van der Waals surface area contributed by atoms with Gasteiger partial charge in [-0.15, -0.1) is 0 Å². The molecule has 1 aromatic heterocycles. The highest BCUT2D eigenvalue weighted by atomic mass is 32.2. The van der Waals surface area contributed by atoms with Crippen LogP contribution in [0.3, 0.4) is 0 Å². The number of fused-ring (bicyclic) bond motifs is 1. The van der Waals surface area contributed by atoms with Crippen LogP contribution in [0.5, 0.6) is 11.5 Å². The van der Waals surface area contributed by atoms with E-state index in [4.69, 9.17) is 26.1 Å². The fourth-order valence-electron chi connectivity index (χ4n) is 2.35. The Bertz CT molecular complexity index is 871. The summed E-state index contributed by atoms with van der Waals surface area (Å²) in [5, 5.41) is 0. The molecule has 0 aliphatic carbocycles. The second kappa shape index (κ2) is 6.18. The van der Waals surface area contributed by atoms with Crippen LogP contribution in [0.2, 0.25) is 0 Å². The summed E-state index contributed by atoms with van der Waals surface area (Å²) in [5.74, 6) is 1.84. The Balaban J connectivity index is 1.57. The Morgan fingerprint density at radius 3 is 2.92 bits per heavy atom. The molecule has 2 aromatic rings. The summed E-state index contributed by atoms with van der Waals surface area (Å²) in [6.45, 7) is 0.189. The van der Waals surface area contributed by atoms with Gasteiger partial charge in [0, 0.05) is 6.07 Å². The van der Waals surface area contributed by atoms with Crippen LogP contribution in [0.1, 0.15) is 5.76 Å². The van der Waals surface area contributed by atoms with Crippen molar-refractivity contribution >= 4 is 46.0 Å². The minimum Gasteiger partial charge on any atom is -0.465 e. The van der Waals surface area contributed by atoms with Gasteiger partial charge >= 0.3 is 0 Å². The van der Waals surface area contributed by atoms with Crippen LogP contribution in [0, 0.1) is 0 Å². The molecule has 1 saturated heterocycles. The zero-order valence-corrected chi connectivity index (χ0v) is 13.9. The number of rotatable bonds is 3. The van der Waals surface area contributed by atoms with E-state index in [0.717, 1.165) is 5.76 Å². The predicted octanol–water partition coefficient (Wildman–Crippen LogP) is 3.97. The third-order valence-electron chi connectivity index (χ3n) is 3.46. The summed E-state index contributed by atoms with van der Waals surface area (Å²) in [4.78, 5) is 14.7. The molecule has 1 aromatic carbocycles. The predicted molar refractivity (Wildman–Crippen MR) is 96.1 cm³/mol. The highest BCUT2D eigenvalue weighted by Gasteiger charge is 2.33. The van der Waals surface area contributed by atoms with Crippen molar-refractivity contribution in [3.8, 4) is 11.5 Å². The van der Waals surface area contributed by atoms with E-state index in [1.807, 2.05) is 6.07 Å². The lowest BCUT2D eigenvalue weighted by molar-refractivity contribution is -0.113. The van der Waals surface area contributed by atoms with Crippen molar-refractivity contribution in [3.63, 3.8) is 0 Å². The molecule has 0 spiro atoms. The number of amides is 1. The molecule has 24 heavy (non-hydrogen) atoms. The summed E-state index contributed by atoms with van der Waals surface area (Å²) in [6.07, 6.45) is 6.88. The minimum atomic E-state index is -0.159. The first-order valence-electron chi connectivity index (χ1n) is 7.10. The molecule has 2 aliphatic heterocycles. The molecule has 3 heterocycles. The first-order chi connectivity index (χ1) is 11.7. The van der Waals surface area contributed by atoms with Gasteiger partial charge < -0.3 is 13.9 Å². The number of hydrogen-bond acceptors (Lipinski definition) is 6. The molecule has 2 aliphatic rings. The Morgan fingerprint density at radius 1 is 1.21 bits per heavy atom. The van der Waals surface area contributed by atoms with Gasteiger partial charge in [0.05, 0.1) is 16.9 Å². The van der Waals surface area contributed by atoms with Crippen LogP contribution >= 0.6 is 24.0 Å². The number of carbonyl (C=O) groups excluding carboxylic acids is 1. The van der Waals surface area contributed by atoms with Crippen LogP contribution < -0.4 is 14.4 Å². The number of carbonyl (C=O) groups is 1. The molecule has 0 unspecified atom stereocenters. The van der Waals surface area contributed by atoms with Gasteiger partial charge in [0.25, 0.3) is 5.91 Å². The SMILES string of the molecule is O=C1/C(=C/C=C/c2ccco2)SC(=S)N1c1ccc2c(c1)OCO2. The Labute approximate surface area is 147 Å². The number of benzene rings is 1. The van der Waals surface area contributed by atoms with Crippen molar-refractivity contribution in [2.75, 3.05) is 11.7 Å². The fraction of sp³-hybridized carbons (Fsp3) is 0.0588. The van der Waals surface area contributed by atoms with Gasteiger partial charge in [0.15, 0.2) is 15.8 Å². The number of anilines is 1. The lowest BCUT2D eigenvalue weighted by Gasteiger charge is -2.14. The van der Waals surface area contributed by atoms with Gasteiger partial charge in [-0.1, -0.05) is 30.1 Å². The molecule has 0 atom stereocenters. The van der Waals surface area contributed by atoms with Crippen molar-refractivity contribution in [3.05, 3.63) is 59.4 Å². The van der Waals surface area contributed by atoms with Gasteiger partial charge in [0.2, 0.25) is 6.79 Å². The van der Waals surface area contributed by atoms with Gasteiger partial charge in [-0.2, -0.15) is 0 Å². The first kappa shape index (κ1) is 15.0. The summed E-state index contributed by atoms with van der Waals surface area (Å²) in [6, 6.07) is 8.96. The molecule has 0 saturated carbocycles. The number of furan rings is 1. The highest BCUT2D eigenvalue weighted by Crippen LogP contribution is 2.40. The van der Waals surface area contributed by atoms with Gasteiger partial charge in [0.1, 0.15) is 5.76 Å². The lowest BCUT2D eigenvalue weighted by Crippen LogP contribution is -2.27. The molecule has 0 N–H and O–H groups in total. The third kappa shape index (κ3) is 2.72. The second-order valence-corrected chi connectivity index (χ2v) is 6.63. The standard InChI is InChI=1S/C17H11NO4S2/c19-16-15(5-1-3-12-4-2-8-20-12)24-17(23)18(16)11-6-7-13-14(9-11)22-10-21-13/h1-9H,10H2/b3-1+,15-5-. The van der Waals surface area contributed by atoms with E-state index in [1.165, 1.54) is 16.7 Å². The number of nitrogens with zero attached hydrogens (tertiary/aromatic N) is 1.